The Labute approximate surface area is 106 Å². The number of carbonyl (C=O) groups is 2. The molecule has 0 atom stereocenters. The Kier molecular flexibility index (Phi) is 5.77. The number of hydrogen-bond donors (Lipinski definition) is 0. The van der Waals surface area contributed by atoms with Gasteiger partial charge in [-0.2, -0.15) is 0 Å². The summed E-state index contributed by atoms with van der Waals surface area (Å²) < 4.78 is 5.01. The molecule has 0 heterocycles. The predicted octanol–water partition coefficient (Wildman–Crippen LogP) is 2.72. The second kappa shape index (κ2) is 7.12. The summed E-state index contributed by atoms with van der Waals surface area (Å²) in [5.41, 5.74) is 1.48. The number of esters is 1. The van der Waals surface area contributed by atoms with E-state index in [0.29, 0.717) is 25.0 Å². The van der Waals surface area contributed by atoms with E-state index in [4.69, 9.17) is 4.74 Å². The average molecular weight is 252 g/mol. The zero-order valence-electron chi connectivity index (χ0n) is 10.1. The first-order valence-electron chi connectivity index (χ1n) is 5.51. The third kappa shape index (κ3) is 3.60. The molecule has 1 aromatic rings. The van der Waals surface area contributed by atoms with Gasteiger partial charge in [-0.25, -0.2) is 4.79 Å². The summed E-state index contributed by atoms with van der Waals surface area (Å²) in [5.74, 6) is -0.315. The van der Waals surface area contributed by atoms with Gasteiger partial charge >= 0.3 is 5.97 Å². The smallest absolute Gasteiger partial charge is 0.338 e. The molecular formula is C13H16O3S. The number of rotatable bonds is 6. The van der Waals surface area contributed by atoms with Gasteiger partial charge in [0.05, 0.1) is 12.2 Å². The fraction of sp³-hybridized carbons (Fsp3) is 0.385. The van der Waals surface area contributed by atoms with Crippen LogP contribution in [0.2, 0.25) is 0 Å². The second-order valence-corrected chi connectivity index (χ2v) is 4.26. The van der Waals surface area contributed by atoms with E-state index in [1.807, 2.05) is 18.4 Å². The fourth-order valence-electron chi connectivity index (χ4n) is 1.62. The van der Waals surface area contributed by atoms with Crippen LogP contribution in [0.3, 0.4) is 0 Å². The maximum absolute atomic E-state index is 11.8. The van der Waals surface area contributed by atoms with Crippen molar-refractivity contribution in [3.63, 3.8) is 0 Å². The van der Waals surface area contributed by atoms with Crippen LogP contribution in [0.15, 0.2) is 23.1 Å². The Morgan fingerprint density at radius 2 is 2.24 bits per heavy atom. The molecule has 0 amide bonds. The van der Waals surface area contributed by atoms with Crippen molar-refractivity contribution >= 4 is 24.0 Å². The van der Waals surface area contributed by atoms with Crippen molar-refractivity contribution < 1.29 is 14.3 Å². The molecule has 17 heavy (non-hydrogen) atoms. The van der Waals surface area contributed by atoms with Crippen molar-refractivity contribution in [3.05, 3.63) is 29.3 Å². The first-order chi connectivity index (χ1) is 8.24. The van der Waals surface area contributed by atoms with Crippen molar-refractivity contribution in [1.82, 2.24) is 0 Å². The maximum Gasteiger partial charge on any atom is 0.338 e. The van der Waals surface area contributed by atoms with Crippen molar-refractivity contribution in [2.45, 2.75) is 24.7 Å². The third-order valence-electron chi connectivity index (χ3n) is 2.36. The van der Waals surface area contributed by atoms with E-state index in [1.54, 1.807) is 24.8 Å². The molecule has 0 spiro atoms. The highest BCUT2D eigenvalue weighted by Crippen LogP contribution is 2.25. The molecular weight excluding hydrogens is 236 g/mol. The van der Waals surface area contributed by atoms with Gasteiger partial charge in [0, 0.05) is 11.3 Å². The topological polar surface area (TPSA) is 43.4 Å². The van der Waals surface area contributed by atoms with Crippen LogP contribution in [0.1, 0.15) is 29.3 Å². The third-order valence-corrected chi connectivity index (χ3v) is 3.18. The molecule has 0 saturated heterocycles. The molecule has 92 valence electrons. The zero-order valence-corrected chi connectivity index (χ0v) is 10.9. The van der Waals surface area contributed by atoms with Gasteiger partial charge in [0.15, 0.2) is 0 Å². The van der Waals surface area contributed by atoms with E-state index in [-0.39, 0.29) is 5.97 Å². The number of thioether (sulfide) groups is 1. The monoisotopic (exact) mass is 252 g/mol. The van der Waals surface area contributed by atoms with Crippen LogP contribution in [0, 0.1) is 0 Å². The number of carbonyl (C=O) groups excluding carboxylic acids is 2. The number of hydrogen-bond acceptors (Lipinski definition) is 4. The van der Waals surface area contributed by atoms with Crippen molar-refractivity contribution in [3.8, 4) is 0 Å². The summed E-state index contributed by atoms with van der Waals surface area (Å²) in [6.45, 7) is 2.14. The minimum absolute atomic E-state index is 0.315. The lowest BCUT2D eigenvalue weighted by atomic mass is 10.0. The average Bonchev–Trinajstić information content (AvgIpc) is 2.36. The molecule has 1 aromatic carbocycles. The fourth-order valence-corrected chi connectivity index (χ4v) is 2.29. The lowest BCUT2D eigenvalue weighted by molar-refractivity contribution is -0.107. The van der Waals surface area contributed by atoms with Crippen LogP contribution in [0.5, 0.6) is 0 Å². The highest BCUT2D eigenvalue weighted by molar-refractivity contribution is 7.98. The van der Waals surface area contributed by atoms with Gasteiger partial charge < -0.3 is 9.53 Å². The van der Waals surface area contributed by atoms with Crippen molar-refractivity contribution in [1.29, 1.82) is 0 Å². The zero-order chi connectivity index (χ0) is 12.7. The maximum atomic E-state index is 11.8. The molecule has 0 radical (unpaired) electrons. The molecule has 0 fully saturated rings. The molecule has 0 bridgehead atoms. The van der Waals surface area contributed by atoms with E-state index in [9.17, 15) is 9.59 Å². The minimum atomic E-state index is -0.315. The van der Waals surface area contributed by atoms with Gasteiger partial charge in [0.25, 0.3) is 0 Å². The summed E-state index contributed by atoms with van der Waals surface area (Å²) in [6, 6.07) is 5.54. The van der Waals surface area contributed by atoms with Crippen LogP contribution >= 0.6 is 11.8 Å². The van der Waals surface area contributed by atoms with Crippen molar-refractivity contribution in [2.24, 2.45) is 0 Å². The van der Waals surface area contributed by atoms with Crippen LogP contribution in [0.4, 0.5) is 0 Å². The first kappa shape index (κ1) is 13.8. The normalized spacial score (nSPS) is 10.0. The van der Waals surface area contributed by atoms with E-state index in [1.165, 1.54) is 0 Å². The van der Waals surface area contributed by atoms with Crippen molar-refractivity contribution in [2.75, 3.05) is 12.9 Å². The second-order valence-electron chi connectivity index (χ2n) is 3.41. The Morgan fingerprint density at radius 1 is 1.47 bits per heavy atom. The summed E-state index contributed by atoms with van der Waals surface area (Å²) >= 11 is 1.57. The predicted molar refractivity (Wildman–Crippen MR) is 68.6 cm³/mol. The summed E-state index contributed by atoms with van der Waals surface area (Å²) in [6.07, 6.45) is 3.82. The summed E-state index contributed by atoms with van der Waals surface area (Å²) in [5, 5.41) is 0. The Morgan fingerprint density at radius 3 is 2.82 bits per heavy atom. The SMILES string of the molecule is CCOC(=O)c1cccc(SC)c1CCC=O. The molecule has 3 nitrogen and oxygen atoms in total. The van der Waals surface area contributed by atoms with Crippen LogP contribution in [-0.2, 0) is 16.0 Å². The molecule has 0 aliphatic rings. The highest BCUT2D eigenvalue weighted by atomic mass is 32.2. The Hall–Kier alpha value is -1.29. The molecule has 0 N–H and O–H groups in total. The van der Waals surface area contributed by atoms with E-state index in [2.05, 4.69) is 0 Å². The number of ether oxygens (including phenoxy) is 1. The molecule has 4 heteroatoms. The Bertz CT molecular complexity index is 402. The quantitative estimate of drug-likeness (QED) is 0.443. The number of aldehydes is 1. The molecule has 0 aliphatic heterocycles. The molecule has 1 rings (SSSR count). The van der Waals surface area contributed by atoms with Gasteiger partial charge in [0.1, 0.15) is 6.29 Å². The van der Waals surface area contributed by atoms with Crippen LogP contribution < -0.4 is 0 Å². The number of benzene rings is 1. The Balaban J connectivity index is 3.08. The molecule has 0 aromatic heterocycles. The lowest BCUT2D eigenvalue weighted by Gasteiger charge is -2.11. The van der Waals surface area contributed by atoms with E-state index < -0.39 is 0 Å². The first-order valence-corrected chi connectivity index (χ1v) is 6.73. The molecule has 0 saturated carbocycles. The lowest BCUT2D eigenvalue weighted by Crippen LogP contribution is -2.09. The van der Waals surface area contributed by atoms with Crippen LogP contribution in [0.25, 0.3) is 0 Å². The highest BCUT2D eigenvalue weighted by Gasteiger charge is 2.14. The van der Waals surface area contributed by atoms with E-state index in [0.717, 1.165) is 16.7 Å². The summed E-state index contributed by atoms with van der Waals surface area (Å²) in [4.78, 5) is 23.3. The van der Waals surface area contributed by atoms with Gasteiger partial charge in [-0.3, -0.25) is 0 Å². The largest absolute Gasteiger partial charge is 0.462 e. The van der Waals surface area contributed by atoms with Crippen LogP contribution in [-0.4, -0.2) is 25.1 Å². The summed E-state index contributed by atoms with van der Waals surface area (Å²) in [7, 11) is 0. The van der Waals surface area contributed by atoms with Gasteiger partial charge in [-0.15, -0.1) is 11.8 Å². The minimum Gasteiger partial charge on any atom is -0.462 e. The molecule has 0 unspecified atom stereocenters. The van der Waals surface area contributed by atoms with E-state index >= 15 is 0 Å². The standard InChI is InChI=1S/C13H16O3S/c1-3-16-13(15)11-6-4-8-12(17-2)10(11)7-5-9-14/h4,6,8-9H,3,5,7H2,1-2H3. The molecule has 0 aliphatic carbocycles. The van der Waals surface area contributed by atoms with Gasteiger partial charge in [-0.05, 0) is 37.3 Å². The van der Waals surface area contributed by atoms with Gasteiger partial charge in [-0.1, -0.05) is 6.07 Å². The van der Waals surface area contributed by atoms with Gasteiger partial charge in [0.2, 0.25) is 0 Å².